The SMILES string of the molecule is CC(C)c1nnc(SCC(=O)N(CCC#N)Cc2ccco2)n1C1CC1. The van der Waals surface area contributed by atoms with Crippen LogP contribution in [0.15, 0.2) is 28.0 Å². The van der Waals surface area contributed by atoms with Crippen LogP contribution in [-0.2, 0) is 11.3 Å². The molecule has 138 valence electrons. The summed E-state index contributed by atoms with van der Waals surface area (Å²) in [7, 11) is 0. The van der Waals surface area contributed by atoms with Gasteiger partial charge in [-0.25, -0.2) is 0 Å². The van der Waals surface area contributed by atoms with Crippen LogP contribution in [0.25, 0.3) is 0 Å². The lowest BCUT2D eigenvalue weighted by Gasteiger charge is -2.20. The first kappa shape index (κ1) is 18.5. The maximum Gasteiger partial charge on any atom is 0.233 e. The molecular weight excluding hydrogens is 350 g/mol. The monoisotopic (exact) mass is 373 g/mol. The van der Waals surface area contributed by atoms with E-state index in [4.69, 9.17) is 9.68 Å². The Morgan fingerprint density at radius 3 is 2.92 bits per heavy atom. The summed E-state index contributed by atoms with van der Waals surface area (Å²) in [6.45, 7) is 4.98. The normalized spacial score (nSPS) is 13.8. The van der Waals surface area contributed by atoms with Crippen LogP contribution in [0, 0.1) is 11.3 Å². The van der Waals surface area contributed by atoms with E-state index < -0.39 is 0 Å². The molecule has 2 aromatic rings. The Labute approximate surface area is 157 Å². The second kappa shape index (κ2) is 8.41. The van der Waals surface area contributed by atoms with Crippen LogP contribution in [-0.4, -0.2) is 37.9 Å². The zero-order valence-electron chi connectivity index (χ0n) is 15.1. The number of rotatable bonds is 9. The van der Waals surface area contributed by atoms with E-state index in [-0.39, 0.29) is 11.7 Å². The minimum Gasteiger partial charge on any atom is -0.467 e. The average molecular weight is 373 g/mol. The smallest absolute Gasteiger partial charge is 0.233 e. The molecule has 8 heteroatoms. The number of carbonyl (C=O) groups is 1. The van der Waals surface area contributed by atoms with Gasteiger partial charge in [0.05, 0.1) is 31.1 Å². The molecule has 26 heavy (non-hydrogen) atoms. The van der Waals surface area contributed by atoms with E-state index in [1.165, 1.54) is 11.8 Å². The zero-order valence-corrected chi connectivity index (χ0v) is 15.9. The van der Waals surface area contributed by atoms with Gasteiger partial charge in [-0.2, -0.15) is 5.26 Å². The van der Waals surface area contributed by atoms with Crippen LogP contribution in [0.3, 0.4) is 0 Å². The molecule has 1 amide bonds. The van der Waals surface area contributed by atoms with E-state index in [0.29, 0.717) is 37.2 Å². The van der Waals surface area contributed by atoms with E-state index in [0.717, 1.165) is 23.8 Å². The highest BCUT2D eigenvalue weighted by molar-refractivity contribution is 7.99. The van der Waals surface area contributed by atoms with E-state index in [1.807, 2.05) is 6.07 Å². The van der Waals surface area contributed by atoms with Crippen LogP contribution in [0.2, 0.25) is 0 Å². The average Bonchev–Trinajstić information content (AvgIpc) is 3.16. The topological polar surface area (TPSA) is 87.9 Å². The van der Waals surface area contributed by atoms with E-state index in [9.17, 15) is 4.79 Å². The van der Waals surface area contributed by atoms with Gasteiger partial charge in [0.25, 0.3) is 0 Å². The van der Waals surface area contributed by atoms with Crippen LogP contribution < -0.4 is 0 Å². The van der Waals surface area contributed by atoms with Crippen molar-refractivity contribution in [2.24, 2.45) is 0 Å². The molecule has 0 aliphatic heterocycles. The second-order valence-electron chi connectivity index (χ2n) is 6.69. The molecule has 2 aromatic heterocycles. The number of aromatic nitrogens is 3. The zero-order chi connectivity index (χ0) is 18.5. The van der Waals surface area contributed by atoms with E-state index in [1.54, 1.807) is 17.2 Å². The molecule has 1 fully saturated rings. The van der Waals surface area contributed by atoms with Gasteiger partial charge < -0.3 is 13.9 Å². The number of furan rings is 1. The molecule has 2 heterocycles. The summed E-state index contributed by atoms with van der Waals surface area (Å²) in [6, 6.07) is 6.19. The first-order valence-corrected chi connectivity index (χ1v) is 9.83. The number of hydrogen-bond acceptors (Lipinski definition) is 6. The third-order valence-electron chi connectivity index (χ3n) is 4.22. The highest BCUT2D eigenvalue weighted by atomic mass is 32.2. The Morgan fingerprint density at radius 1 is 1.50 bits per heavy atom. The van der Waals surface area contributed by atoms with Crippen molar-refractivity contribution >= 4 is 17.7 Å². The number of carbonyl (C=O) groups excluding carboxylic acids is 1. The van der Waals surface area contributed by atoms with Gasteiger partial charge in [0.2, 0.25) is 5.91 Å². The summed E-state index contributed by atoms with van der Waals surface area (Å²) in [5.41, 5.74) is 0. The maximum absolute atomic E-state index is 12.7. The van der Waals surface area contributed by atoms with Crippen molar-refractivity contribution in [3.05, 3.63) is 30.0 Å². The first-order chi connectivity index (χ1) is 12.6. The Bertz CT molecular complexity index is 774. The molecule has 0 bridgehead atoms. The molecule has 0 spiro atoms. The minimum atomic E-state index is -0.0295. The van der Waals surface area contributed by atoms with Crippen molar-refractivity contribution in [3.8, 4) is 6.07 Å². The Hall–Kier alpha value is -2.27. The maximum atomic E-state index is 12.7. The van der Waals surface area contributed by atoms with E-state index in [2.05, 4.69) is 34.7 Å². The number of hydrogen-bond donors (Lipinski definition) is 0. The van der Waals surface area contributed by atoms with Gasteiger partial charge in [0.15, 0.2) is 5.16 Å². The fourth-order valence-electron chi connectivity index (χ4n) is 2.74. The lowest BCUT2D eigenvalue weighted by molar-refractivity contribution is -0.129. The molecule has 0 saturated heterocycles. The third kappa shape index (κ3) is 4.47. The van der Waals surface area contributed by atoms with Gasteiger partial charge in [-0.15, -0.1) is 10.2 Å². The lowest BCUT2D eigenvalue weighted by Crippen LogP contribution is -2.32. The van der Waals surface area contributed by atoms with Crippen LogP contribution in [0.5, 0.6) is 0 Å². The van der Waals surface area contributed by atoms with Gasteiger partial charge >= 0.3 is 0 Å². The quantitative estimate of drug-likeness (QED) is 0.626. The number of thioether (sulfide) groups is 1. The fourth-order valence-corrected chi connectivity index (χ4v) is 3.66. The summed E-state index contributed by atoms with van der Waals surface area (Å²) in [5.74, 6) is 2.25. The van der Waals surface area contributed by atoms with Crippen molar-refractivity contribution in [3.63, 3.8) is 0 Å². The van der Waals surface area contributed by atoms with Gasteiger partial charge in [-0.05, 0) is 25.0 Å². The minimum absolute atomic E-state index is 0.0295. The largest absolute Gasteiger partial charge is 0.467 e. The van der Waals surface area contributed by atoms with Crippen LogP contribution in [0.1, 0.15) is 56.7 Å². The van der Waals surface area contributed by atoms with Crippen molar-refractivity contribution in [1.82, 2.24) is 19.7 Å². The second-order valence-corrected chi connectivity index (χ2v) is 7.63. The van der Waals surface area contributed by atoms with Crippen molar-refractivity contribution in [1.29, 1.82) is 5.26 Å². The molecule has 0 unspecified atom stereocenters. The van der Waals surface area contributed by atoms with Gasteiger partial charge in [-0.1, -0.05) is 25.6 Å². The molecule has 1 saturated carbocycles. The molecule has 0 aromatic carbocycles. The lowest BCUT2D eigenvalue weighted by atomic mass is 10.2. The molecule has 1 aliphatic carbocycles. The third-order valence-corrected chi connectivity index (χ3v) is 5.14. The molecule has 0 N–H and O–H groups in total. The van der Waals surface area contributed by atoms with Crippen molar-refractivity contribution in [2.45, 2.75) is 56.8 Å². The van der Waals surface area contributed by atoms with Crippen molar-refractivity contribution < 1.29 is 9.21 Å². The van der Waals surface area contributed by atoms with Crippen LogP contribution in [0.4, 0.5) is 0 Å². The number of nitrogens with zero attached hydrogens (tertiary/aromatic N) is 5. The Morgan fingerprint density at radius 2 is 2.31 bits per heavy atom. The standard InChI is InChI=1S/C18H23N5O2S/c1-13(2)17-20-21-18(23(17)14-6-7-14)26-12-16(24)22(9-4-8-19)11-15-5-3-10-25-15/h3,5,10,13-14H,4,6-7,9,11-12H2,1-2H3. The van der Waals surface area contributed by atoms with Gasteiger partial charge in [0, 0.05) is 18.5 Å². The first-order valence-electron chi connectivity index (χ1n) is 8.84. The molecule has 3 rings (SSSR count). The summed E-state index contributed by atoms with van der Waals surface area (Å²) >= 11 is 1.42. The molecular formula is C18H23N5O2S. The van der Waals surface area contributed by atoms with Crippen molar-refractivity contribution in [2.75, 3.05) is 12.3 Å². The fraction of sp³-hybridized carbons (Fsp3) is 0.556. The van der Waals surface area contributed by atoms with E-state index >= 15 is 0 Å². The van der Waals surface area contributed by atoms with Gasteiger partial charge in [0.1, 0.15) is 11.6 Å². The molecule has 0 radical (unpaired) electrons. The molecule has 7 nitrogen and oxygen atoms in total. The summed E-state index contributed by atoms with van der Waals surface area (Å²) in [6.07, 6.45) is 4.17. The highest BCUT2D eigenvalue weighted by Crippen LogP contribution is 2.40. The highest BCUT2D eigenvalue weighted by Gasteiger charge is 2.30. The Balaban J connectivity index is 1.65. The number of nitriles is 1. The Kier molecular flexibility index (Phi) is 5.99. The number of amides is 1. The van der Waals surface area contributed by atoms with Crippen LogP contribution >= 0.6 is 11.8 Å². The van der Waals surface area contributed by atoms with Gasteiger partial charge in [-0.3, -0.25) is 4.79 Å². The predicted octanol–water partition coefficient (Wildman–Crippen LogP) is 3.36. The molecule has 1 aliphatic rings. The summed E-state index contributed by atoms with van der Waals surface area (Å²) in [4.78, 5) is 14.3. The summed E-state index contributed by atoms with van der Waals surface area (Å²) in [5, 5.41) is 18.3. The molecule has 0 atom stereocenters. The summed E-state index contributed by atoms with van der Waals surface area (Å²) < 4.78 is 7.52. The predicted molar refractivity (Wildman–Crippen MR) is 97.5 cm³/mol.